The lowest BCUT2D eigenvalue weighted by Crippen LogP contribution is -2.24. The molecule has 1 aliphatic heterocycles. The summed E-state index contributed by atoms with van der Waals surface area (Å²) in [5.74, 6) is 1.55. The standard InChI is InChI=1S/C21H20Br2O3/c1-20(2,22)18(24)12-5-7-16-14(9-12)11-15-10-13(6-8-17(15)26-16)19(25)21(3,4)23/h5-10H,11H2,1-4H3. The van der Waals surface area contributed by atoms with Gasteiger partial charge in [0.25, 0.3) is 0 Å². The summed E-state index contributed by atoms with van der Waals surface area (Å²) in [7, 11) is 0. The zero-order valence-electron chi connectivity index (χ0n) is 15.2. The number of rotatable bonds is 4. The molecule has 0 atom stereocenters. The van der Waals surface area contributed by atoms with Crippen LogP contribution in [0.1, 0.15) is 59.5 Å². The summed E-state index contributed by atoms with van der Waals surface area (Å²) >= 11 is 6.85. The number of hydrogen-bond donors (Lipinski definition) is 0. The lowest BCUT2D eigenvalue weighted by Gasteiger charge is -2.23. The molecule has 2 aromatic rings. The number of hydrogen-bond acceptors (Lipinski definition) is 3. The van der Waals surface area contributed by atoms with Crippen molar-refractivity contribution < 1.29 is 14.3 Å². The van der Waals surface area contributed by atoms with Crippen molar-refractivity contribution in [2.24, 2.45) is 0 Å². The number of carbonyl (C=O) groups is 2. The van der Waals surface area contributed by atoms with Crippen LogP contribution >= 0.6 is 31.9 Å². The molecule has 0 unspecified atom stereocenters. The predicted molar refractivity (Wildman–Crippen MR) is 110 cm³/mol. The molecule has 3 rings (SSSR count). The Morgan fingerprint density at radius 1 is 0.808 bits per heavy atom. The van der Waals surface area contributed by atoms with Crippen molar-refractivity contribution >= 4 is 43.4 Å². The Balaban J connectivity index is 1.95. The molecule has 0 bridgehead atoms. The second kappa shape index (κ2) is 6.61. The third-order valence-corrected chi connectivity index (χ3v) is 5.05. The van der Waals surface area contributed by atoms with E-state index >= 15 is 0 Å². The Morgan fingerprint density at radius 3 is 1.54 bits per heavy atom. The number of ether oxygens (including phenoxy) is 1. The van der Waals surface area contributed by atoms with Crippen molar-refractivity contribution in [1.82, 2.24) is 0 Å². The van der Waals surface area contributed by atoms with E-state index in [2.05, 4.69) is 31.9 Å². The summed E-state index contributed by atoms with van der Waals surface area (Å²) in [6.07, 6.45) is 0.623. The number of benzene rings is 2. The van der Waals surface area contributed by atoms with Gasteiger partial charge in [-0.15, -0.1) is 0 Å². The highest BCUT2D eigenvalue weighted by Crippen LogP contribution is 2.38. The van der Waals surface area contributed by atoms with E-state index in [1.165, 1.54) is 0 Å². The van der Waals surface area contributed by atoms with Gasteiger partial charge in [0.05, 0.1) is 8.65 Å². The highest BCUT2D eigenvalue weighted by atomic mass is 79.9. The SMILES string of the molecule is CC(C)(Br)C(=O)c1ccc2c(c1)Cc1cc(C(=O)C(C)(C)Br)ccc1O2. The number of alkyl halides is 2. The summed E-state index contributed by atoms with van der Waals surface area (Å²) in [6, 6.07) is 11.0. The van der Waals surface area contributed by atoms with Crippen LogP contribution in [-0.4, -0.2) is 20.2 Å². The van der Waals surface area contributed by atoms with E-state index < -0.39 is 8.65 Å². The Morgan fingerprint density at radius 2 is 1.19 bits per heavy atom. The van der Waals surface area contributed by atoms with Crippen LogP contribution in [-0.2, 0) is 6.42 Å². The van der Waals surface area contributed by atoms with Crippen molar-refractivity contribution in [3.05, 3.63) is 58.7 Å². The molecule has 0 radical (unpaired) electrons. The maximum absolute atomic E-state index is 12.5. The van der Waals surface area contributed by atoms with E-state index in [0.717, 1.165) is 22.6 Å². The molecule has 0 saturated carbocycles. The fourth-order valence-corrected chi connectivity index (χ4v) is 3.38. The topological polar surface area (TPSA) is 43.4 Å². The van der Waals surface area contributed by atoms with E-state index in [4.69, 9.17) is 4.74 Å². The van der Waals surface area contributed by atoms with Gasteiger partial charge in [-0.1, -0.05) is 31.9 Å². The smallest absolute Gasteiger partial charge is 0.178 e. The molecule has 0 N–H and O–H groups in total. The number of fused-ring (bicyclic) bond motifs is 2. The molecular formula is C21H20Br2O3. The fourth-order valence-electron chi connectivity index (χ4n) is 2.93. The van der Waals surface area contributed by atoms with Gasteiger partial charge in [-0.25, -0.2) is 0 Å². The van der Waals surface area contributed by atoms with E-state index in [1.807, 2.05) is 52.0 Å². The van der Waals surface area contributed by atoms with Crippen LogP contribution in [0, 0.1) is 0 Å². The van der Waals surface area contributed by atoms with Crippen molar-refractivity contribution in [2.75, 3.05) is 0 Å². The first-order valence-corrected chi connectivity index (χ1v) is 9.96. The maximum atomic E-state index is 12.5. The molecule has 0 fully saturated rings. The first-order valence-electron chi connectivity index (χ1n) is 8.38. The molecule has 0 amide bonds. The second-order valence-electron chi connectivity index (χ2n) is 7.53. The van der Waals surface area contributed by atoms with Gasteiger partial charge in [0.2, 0.25) is 0 Å². The lowest BCUT2D eigenvalue weighted by molar-refractivity contribution is 0.0954. The monoisotopic (exact) mass is 478 g/mol. The van der Waals surface area contributed by atoms with Crippen LogP contribution in [0.25, 0.3) is 0 Å². The average Bonchev–Trinajstić information content (AvgIpc) is 2.56. The van der Waals surface area contributed by atoms with E-state index in [9.17, 15) is 9.59 Å². The zero-order chi connectivity index (χ0) is 19.3. The predicted octanol–water partition coefficient (Wildman–Crippen LogP) is 6.10. The van der Waals surface area contributed by atoms with Crippen LogP contribution in [0.5, 0.6) is 11.5 Å². The molecule has 0 saturated heterocycles. The van der Waals surface area contributed by atoms with E-state index in [0.29, 0.717) is 17.5 Å². The van der Waals surface area contributed by atoms with Crippen molar-refractivity contribution in [3.8, 4) is 11.5 Å². The number of ketones is 2. The third-order valence-electron chi connectivity index (χ3n) is 4.33. The van der Waals surface area contributed by atoms with Crippen molar-refractivity contribution in [1.29, 1.82) is 0 Å². The Hall–Kier alpha value is -1.46. The van der Waals surface area contributed by atoms with Crippen molar-refractivity contribution in [2.45, 2.75) is 42.8 Å². The van der Waals surface area contributed by atoms with Gasteiger partial charge in [-0.2, -0.15) is 0 Å². The molecule has 26 heavy (non-hydrogen) atoms. The quantitative estimate of drug-likeness (QED) is 0.335. The minimum atomic E-state index is -0.615. The van der Waals surface area contributed by atoms with Gasteiger partial charge in [-0.05, 0) is 64.1 Å². The van der Waals surface area contributed by atoms with Gasteiger partial charge in [0.1, 0.15) is 11.5 Å². The number of halogens is 2. The summed E-state index contributed by atoms with van der Waals surface area (Å²) in [6.45, 7) is 7.34. The molecular weight excluding hydrogens is 460 g/mol. The van der Waals surface area contributed by atoms with Gasteiger partial charge < -0.3 is 4.74 Å². The number of Topliss-reactive ketones (excluding diaryl/α,β-unsaturated/α-hetero) is 2. The van der Waals surface area contributed by atoms with Gasteiger partial charge >= 0.3 is 0 Å². The first-order chi connectivity index (χ1) is 12.0. The molecule has 1 aliphatic rings. The highest BCUT2D eigenvalue weighted by molar-refractivity contribution is 9.10. The normalized spacial score (nSPS) is 13.5. The molecule has 0 aliphatic carbocycles. The van der Waals surface area contributed by atoms with Crippen LogP contribution in [0.3, 0.4) is 0 Å². The largest absolute Gasteiger partial charge is 0.457 e. The van der Waals surface area contributed by atoms with Gasteiger partial charge in [0, 0.05) is 28.7 Å². The third kappa shape index (κ3) is 3.79. The average molecular weight is 480 g/mol. The minimum absolute atomic E-state index is 0.0241. The maximum Gasteiger partial charge on any atom is 0.178 e. The van der Waals surface area contributed by atoms with Gasteiger partial charge in [-0.3, -0.25) is 9.59 Å². The first kappa shape index (κ1) is 19.3. The molecule has 3 nitrogen and oxygen atoms in total. The zero-order valence-corrected chi connectivity index (χ0v) is 18.3. The molecule has 0 spiro atoms. The minimum Gasteiger partial charge on any atom is -0.457 e. The summed E-state index contributed by atoms with van der Waals surface area (Å²) in [5, 5.41) is 0. The van der Waals surface area contributed by atoms with Gasteiger partial charge in [0.15, 0.2) is 11.6 Å². The van der Waals surface area contributed by atoms with Crippen LogP contribution in [0.2, 0.25) is 0 Å². The summed E-state index contributed by atoms with van der Waals surface area (Å²) in [4.78, 5) is 25.0. The summed E-state index contributed by atoms with van der Waals surface area (Å²) in [5.41, 5.74) is 3.18. The Labute approximate surface area is 170 Å². The molecule has 136 valence electrons. The van der Waals surface area contributed by atoms with Crippen LogP contribution in [0.4, 0.5) is 0 Å². The fraction of sp³-hybridized carbons (Fsp3) is 0.333. The van der Waals surface area contributed by atoms with Crippen LogP contribution in [0.15, 0.2) is 36.4 Å². The van der Waals surface area contributed by atoms with E-state index in [-0.39, 0.29) is 11.6 Å². The Kier molecular flexibility index (Phi) is 4.91. The molecule has 5 heteroatoms. The lowest BCUT2D eigenvalue weighted by atomic mass is 9.92. The highest BCUT2D eigenvalue weighted by Gasteiger charge is 2.28. The summed E-state index contributed by atoms with van der Waals surface area (Å²) < 4.78 is 4.74. The molecule has 2 aromatic carbocycles. The number of carbonyl (C=O) groups excluding carboxylic acids is 2. The van der Waals surface area contributed by atoms with E-state index in [1.54, 1.807) is 12.1 Å². The molecule has 1 heterocycles. The van der Waals surface area contributed by atoms with Crippen LogP contribution < -0.4 is 4.74 Å². The molecule has 0 aromatic heterocycles. The second-order valence-corrected chi connectivity index (χ2v) is 11.5. The Bertz CT molecular complexity index is 829. The van der Waals surface area contributed by atoms with Crippen molar-refractivity contribution in [3.63, 3.8) is 0 Å².